The highest BCUT2D eigenvalue weighted by Crippen LogP contribution is 2.59. The summed E-state index contributed by atoms with van der Waals surface area (Å²) >= 11 is 0. The van der Waals surface area contributed by atoms with Gasteiger partial charge in [0.05, 0.1) is 12.5 Å². The Morgan fingerprint density at radius 1 is 0.400 bits per heavy atom. The van der Waals surface area contributed by atoms with Crippen LogP contribution in [0.4, 0.5) is 0 Å². The summed E-state index contributed by atoms with van der Waals surface area (Å²) < 4.78 is 12.0. The lowest BCUT2D eigenvalue weighted by atomic mass is 9.66. The first-order chi connectivity index (χ1) is 31.9. The van der Waals surface area contributed by atoms with E-state index in [0.29, 0.717) is 5.75 Å². The molecule has 0 radical (unpaired) electrons. The SMILES string of the molecule is COc1ccc(C(O)(c2ccccc2)c2ccc(Oc3ccc4cc(C5(c6ccc7cc(C)ccc7c6)c6cc7ccccc7cc6-c6ccc7ccccc7c65)ccc4c3)cc2)cc1. The van der Waals surface area contributed by atoms with Crippen LogP contribution in [0, 0.1) is 6.92 Å². The molecule has 12 rings (SSSR count). The highest BCUT2D eigenvalue weighted by molar-refractivity contribution is 6.04. The molecule has 65 heavy (non-hydrogen) atoms. The van der Waals surface area contributed by atoms with E-state index < -0.39 is 11.0 Å². The van der Waals surface area contributed by atoms with E-state index in [1.165, 1.54) is 71.3 Å². The Labute approximate surface area is 378 Å². The first-order valence-corrected chi connectivity index (χ1v) is 22.2. The summed E-state index contributed by atoms with van der Waals surface area (Å²) in [6, 6.07) is 79.4. The lowest BCUT2D eigenvalue weighted by Gasteiger charge is -2.35. The molecule has 0 aromatic heterocycles. The first-order valence-electron chi connectivity index (χ1n) is 22.2. The Morgan fingerprint density at radius 2 is 0.908 bits per heavy atom. The molecule has 0 saturated carbocycles. The molecular weight excluding hydrogens is 793 g/mol. The van der Waals surface area contributed by atoms with Crippen molar-refractivity contribution in [3.8, 4) is 28.4 Å². The Hall–Kier alpha value is -7.98. The summed E-state index contributed by atoms with van der Waals surface area (Å²) in [5.74, 6) is 2.15. The summed E-state index contributed by atoms with van der Waals surface area (Å²) in [7, 11) is 1.64. The molecule has 0 amide bonds. The van der Waals surface area contributed by atoms with Gasteiger partial charge in [-0.3, -0.25) is 0 Å². The van der Waals surface area contributed by atoms with Gasteiger partial charge in [0.1, 0.15) is 22.8 Å². The van der Waals surface area contributed by atoms with Crippen LogP contribution in [0.1, 0.15) is 44.5 Å². The number of methoxy groups -OCH3 is 1. The fraction of sp³-hybridized carbons (Fsp3) is 0.0645. The molecule has 11 aromatic carbocycles. The zero-order valence-corrected chi connectivity index (χ0v) is 36.1. The van der Waals surface area contributed by atoms with Crippen molar-refractivity contribution in [1.29, 1.82) is 0 Å². The van der Waals surface area contributed by atoms with Crippen molar-refractivity contribution in [3.63, 3.8) is 0 Å². The number of rotatable bonds is 8. The van der Waals surface area contributed by atoms with Crippen molar-refractivity contribution in [2.24, 2.45) is 0 Å². The average molecular weight is 837 g/mol. The maximum Gasteiger partial charge on any atom is 0.140 e. The minimum absolute atomic E-state index is 0.618. The van der Waals surface area contributed by atoms with Gasteiger partial charge in [0.25, 0.3) is 0 Å². The van der Waals surface area contributed by atoms with E-state index in [9.17, 15) is 5.11 Å². The second kappa shape index (κ2) is 15.1. The number of ether oxygens (including phenoxy) is 2. The van der Waals surface area contributed by atoms with E-state index in [0.717, 1.165) is 39.0 Å². The van der Waals surface area contributed by atoms with Gasteiger partial charge in [0.2, 0.25) is 0 Å². The molecular formula is C62H44O3. The monoisotopic (exact) mass is 836 g/mol. The molecule has 1 N–H and O–H groups in total. The van der Waals surface area contributed by atoms with Gasteiger partial charge in [-0.2, -0.15) is 0 Å². The number of benzene rings is 11. The highest BCUT2D eigenvalue weighted by atomic mass is 16.5. The third kappa shape index (κ3) is 6.15. The van der Waals surface area contributed by atoms with Gasteiger partial charge >= 0.3 is 0 Å². The molecule has 0 fully saturated rings. The molecule has 3 heteroatoms. The van der Waals surface area contributed by atoms with Crippen LogP contribution in [0.25, 0.3) is 54.2 Å². The van der Waals surface area contributed by atoms with Gasteiger partial charge in [-0.25, -0.2) is 0 Å². The van der Waals surface area contributed by atoms with Crippen LogP contribution in [-0.4, -0.2) is 12.2 Å². The van der Waals surface area contributed by atoms with Crippen molar-refractivity contribution >= 4 is 43.1 Å². The summed E-state index contributed by atoms with van der Waals surface area (Å²) in [4.78, 5) is 0. The lowest BCUT2D eigenvalue weighted by molar-refractivity contribution is 0.125. The van der Waals surface area contributed by atoms with E-state index in [1.54, 1.807) is 7.11 Å². The third-order valence-electron chi connectivity index (χ3n) is 13.8. The molecule has 1 aliphatic carbocycles. The van der Waals surface area contributed by atoms with Crippen LogP contribution in [0.5, 0.6) is 17.2 Å². The minimum Gasteiger partial charge on any atom is -0.497 e. The fourth-order valence-electron chi connectivity index (χ4n) is 10.6. The number of hydrogen-bond donors (Lipinski definition) is 1. The van der Waals surface area contributed by atoms with Crippen LogP contribution < -0.4 is 9.47 Å². The largest absolute Gasteiger partial charge is 0.497 e. The zero-order valence-electron chi connectivity index (χ0n) is 36.1. The molecule has 0 aliphatic heterocycles. The summed E-state index contributed by atoms with van der Waals surface area (Å²) in [5.41, 5.74) is 9.13. The van der Waals surface area contributed by atoms with E-state index in [2.05, 4.69) is 153 Å². The quantitative estimate of drug-likeness (QED) is 0.155. The number of aliphatic hydroxyl groups is 1. The second-order valence-electron chi connectivity index (χ2n) is 17.4. The Kier molecular flexibility index (Phi) is 8.98. The van der Waals surface area contributed by atoms with Crippen molar-refractivity contribution in [3.05, 3.63) is 269 Å². The summed E-state index contributed by atoms with van der Waals surface area (Å²) in [6.07, 6.45) is 0. The number of hydrogen-bond acceptors (Lipinski definition) is 3. The van der Waals surface area contributed by atoms with Crippen molar-refractivity contribution in [2.45, 2.75) is 17.9 Å². The van der Waals surface area contributed by atoms with Gasteiger partial charge in [-0.05, 0) is 161 Å². The zero-order chi connectivity index (χ0) is 43.7. The smallest absolute Gasteiger partial charge is 0.140 e. The van der Waals surface area contributed by atoms with Gasteiger partial charge in [0, 0.05) is 0 Å². The molecule has 3 nitrogen and oxygen atoms in total. The number of fused-ring (bicyclic) bond motifs is 8. The van der Waals surface area contributed by atoms with E-state index in [-0.39, 0.29) is 0 Å². The molecule has 0 heterocycles. The number of aryl methyl sites for hydroxylation is 1. The van der Waals surface area contributed by atoms with Gasteiger partial charge < -0.3 is 14.6 Å². The van der Waals surface area contributed by atoms with Gasteiger partial charge in [0.15, 0.2) is 0 Å². The van der Waals surface area contributed by atoms with Crippen LogP contribution in [0.2, 0.25) is 0 Å². The highest BCUT2D eigenvalue weighted by Gasteiger charge is 2.47. The predicted octanol–water partition coefficient (Wildman–Crippen LogP) is 15.1. The van der Waals surface area contributed by atoms with Gasteiger partial charge in [-0.1, -0.05) is 169 Å². The summed E-state index contributed by atoms with van der Waals surface area (Å²) in [6.45, 7) is 2.16. The minimum atomic E-state index is -1.38. The van der Waals surface area contributed by atoms with E-state index >= 15 is 0 Å². The van der Waals surface area contributed by atoms with E-state index in [4.69, 9.17) is 9.47 Å². The molecule has 0 bridgehead atoms. The molecule has 0 spiro atoms. The normalized spacial score (nSPS) is 15.2. The summed E-state index contributed by atoms with van der Waals surface area (Å²) in [5, 5.41) is 22.1. The Bertz CT molecular complexity index is 3630. The topological polar surface area (TPSA) is 38.7 Å². The standard InChI is InChI=1S/C62H44O3/c1-40-16-17-45-35-51(22-18-44(45)34-40)61(59-39-43-12-7-6-11-42(43)38-58(59)57-33-21-41-10-8-9-15-56(41)60(57)61)52-23-19-47-37-55(28-20-46(47)36-52)65-54-31-26-50(27-32-54)62(63,48-13-4-3-5-14-48)49-24-29-53(64-2)30-25-49/h3-39,63H,1-2H3. The van der Waals surface area contributed by atoms with Crippen LogP contribution in [0.3, 0.4) is 0 Å². The van der Waals surface area contributed by atoms with Gasteiger partial charge in [-0.15, -0.1) is 0 Å². The van der Waals surface area contributed by atoms with E-state index in [1.807, 2.05) is 78.9 Å². The predicted molar refractivity (Wildman–Crippen MR) is 267 cm³/mol. The molecule has 11 aromatic rings. The maximum atomic E-state index is 12.5. The molecule has 0 saturated heterocycles. The maximum absolute atomic E-state index is 12.5. The average Bonchev–Trinajstić information content (AvgIpc) is 3.65. The molecule has 310 valence electrons. The fourth-order valence-corrected chi connectivity index (χ4v) is 10.6. The van der Waals surface area contributed by atoms with Crippen LogP contribution in [-0.2, 0) is 11.0 Å². The van der Waals surface area contributed by atoms with Crippen molar-refractivity contribution in [2.75, 3.05) is 7.11 Å². The third-order valence-corrected chi connectivity index (χ3v) is 13.8. The Balaban J connectivity index is 0.980. The second-order valence-corrected chi connectivity index (χ2v) is 17.4. The van der Waals surface area contributed by atoms with Crippen molar-refractivity contribution < 1.29 is 14.6 Å². The molecule has 2 unspecified atom stereocenters. The lowest BCUT2D eigenvalue weighted by Crippen LogP contribution is -2.29. The molecule has 2 atom stereocenters. The Morgan fingerprint density at radius 3 is 1.60 bits per heavy atom. The first kappa shape index (κ1) is 38.7. The van der Waals surface area contributed by atoms with Crippen LogP contribution >= 0.6 is 0 Å². The molecule has 1 aliphatic rings. The van der Waals surface area contributed by atoms with Crippen LogP contribution in [0.15, 0.2) is 224 Å². The van der Waals surface area contributed by atoms with Crippen molar-refractivity contribution in [1.82, 2.24) is 0 Å².